The maximum Gasteiger partial charge on any atom is 0.211 e. The Morgan fingerprint density at radius 3 is 2.44 bits per heavy atom. The zero-order valence-electron chi connectivity index (χ0n) is 12.5. The number of nitrogens with one attached hydrogen (secondary N) is 2. The highest BCUT2D eigenvalue weighted by Crippen LogP contribution is 2.44. The molecule has 1 aliphatic heterocycles. The Bertz CT molecular complexity index is 966. The number of benzene rings is 1. The standard InChI is InChI=1S/C15H10Cl2N8/c16-7-2-1-3-8(17)9(7)12-10-11(20)6(4-18)13(21)24-14(10)25-15(23-12)22-5-19/h1-3,12H,(H6,20,21,22,23,24,25). The predicted molar refractivity (Wildman–Crippen MR) is 95.9 cm³/mol. The van der Waals surface area contributed by atoms with Gasteiger partial charge in [0.15, 0.2) is 6.19 Å². The maximum absolute atomic E-state index is 9.29. The average Bonchev–Trinajstić information content (AvgIpc) is 2.54. The SMILES string of the molecule is N#CNC1=NC(c2c(Cl)cccc2Cl)c2c(nc(N)c(C#N)c2N)N1. The molecular weight excluding hydrogens is 363 g/mol. The van der Waals surface area contributed by atoms with Crippen molar-refractivity contribution in [2.75, 3.05) is 16.8 Å². The number of pyridine rings is 1. The van der Waals surface area contributed by atoms with Crippen LogP contribution in [0, 0.1) is 22.8 Å². The summed E-state index contributed by atoms with van der Waals surface area (Å²) in [6.45, 7) is 0. The van der Waals surface area contributed by atoms with Gasteiger partial charge in [0.25, 0.3) is 0 Å². The number of fused-ring (bicyclic) bond motifs is 1. The first-order chi connectivity index (χ1) is 12.0. The number of aromatic nitrogens is 1. The van der Waals surface area contributed by atoms with Gasteiger partial charge in [0, 0.05) is 21.2 Å². The molecule has 0 saturated heterocycles. The van der Waals surface area contributed by atoms with Gasteiger partial charge in [-0.15, -0.1) is 0 Å². The molecule has 10 heteroatoms. The topological polar surface area (TPSA) is 149 Å². The lowest BCUT2D eigenvalue weighted by Crippen LogP contribution is -2.33. The third-order valence-corrected chi connectivity index (χ3v) is 4.29. The number of hydrogen-bond donors (Lipinski definition) is 4. The van der Waals surface area contributed by atoms with Crippen LogP contribution >= 0.6 is 23.2 Å². The van der Waals surface area contributed by atoms with E-state index in [0.29, 0.717) is 21.2 Å². The van der Waals surface area contributed by atoms with Crippen molar-refractivity contribution in [1.82, 2.24) is 10.3 Å². The van der Waals surface area contributed by atoms with Crippen LogP contribution in [0.3, 0.4) is 0 Å². The summed E-state index contributed by atoms with van der Waals surface area (Å²) in [6.07, 6.45) is 1.77. The fourth-order valence-electron chi connectivity index (χ4n) is 2.56. The molecule has 0 saturated carbocycles. The summed E-state index contributed by atoms with van der Waals surface area (Å²) in [5.41, 5.74) is 13.0. The highest BCUT2D eigenvalue weighted by atomic mass is 35.5. The van der Waals surface area contributed by atoms with Crippen molar-refractivity contribution < 1.29 is 0 Å². The summed E-state index contributed by atoms with van der Waals surface area (Å²) < 4.78 is 0. The zero-order valence-corrected chi connectivity index (χ0v) is 14.0. The number of nitrogen functional groups attached to an aromatic ring is 2. The van der Waals surface area contributed by atoms with Gasteiger partial charge < -0.3 is 16.8 Å². The van der Waals surface area contributed by atoms with Crippen LogP contribution in [0.4, 0.5) is 17.3 Å². The molecule has 1 aromatic carbocycles. The minimum absolute atomic E-state index is 0.0338. The predicted octanol–water partition coefficient (Wildman–Crippen LogP) is 2.37. The number of anilines is 3. The number of nitriles is 2. The maximum atomic E-state index is 9.29. The second-order valence-electron chi connectivity index (χ2n) is 5.04. The number of aliphatic imine (C=N–C) groups is 1. The molecule has 6 N–H and O–H groups in total. The van der Waals surface area contributed by atoms with Crippen LogP contribution in [0.2, 0.25) is 10.0 Å². The van der Waals surface area contributed by atoms with E-state index in [1.807, 2.05) is 6.07 Å². The van der Waals surface area contributed by atoms with Crippen molar-refractivity contribution >= 4 is 46.5 Å². The molecule has 2 aromatic rings. The van der Waals surface area contributed by atoms with Gasteiger partial charge in [-0.25, -0.2) is 9.98 Å². The molecule has 0 amide bonds. The smallest absolute Gasteiger partial charge is 0.211 e. The lowest BCUT2D eigenvalue weighted by atomic mass is 9.95. The van der Waals surface area contributed by atoms with E-state index in [4.69, 9.17) is 39.9 Å². The highest BCUT2D eigenvalue weighted by molar-refractivity contribution is 6.36. The highest BCUT2D eigenvalue weighted by Gasteiger charge is 2.31. The van der Waals surface area contributed by atoms with E-state index in [2.05, 4.69) is 20.6 Å². The minimum Gasteiger partial charge on any atom is -0.397 e. The Balaban J connectivity index is 2.32. The van der Waals surface area contributed by atoms with Crippen LogP contribution in [0.25, 0.3) is 0 Å². The molecule has 2 heterocycles. The lowest BCUT2D eigenvalue weighted by Gasteiger charge is -2.27. The Hall–Kier alpha value is -3.20. The van der Waals surface area contributed by atoms with E-state index in [9.17, 15) is 5.26 Å². The summed E-state index contributed by atoms with van der Waals surface area (Å²) in [5, 5.41) is 24.1. The molecule has 3 rings (SSSR count). The first kappa shape index (κ1) is 16.7. The average molecular weight is 373 g/mol. The normalized spacial score (nSPS) is 15.2. The Morgan fingerprint density at radius 1 is 1.16 bits per heavy atom. The van der Waals surface area contributed by atoms with Crippen LogP contribution in [0.15, 0.2) is 23.2 Å². The molecule has 8 nitrogen and oxygen atoms in total. The molecule has 25 heavy (non-hydrogen) atoms. The van der Waals surface area contributed by atoms with Crippen LogP contribution in [-0.4, -0.2) is 10.9 Å². The fraction of sp³-hybridized carbons (Fsp3) is 0.0667. The van der Waals surface area contributed by atoms with Gasteiger partial charge in [0.1, 0.15) is 29.3 Å². The van der Waals surface area contributed by atoms with Gasteiger partial charge in [-0.1, -0.05) is 29.3 Å². The van der Waals surface area contributed by atoms with E-state index in [1.165, 1.54) is 0 Å². The minimum atomic E-state index is -0.770. The van der Waals surface area contributed by atoms with E-state index in [0.717, 1.165) is 0 Å². The van der Waals surface area contributed by atoms with Crippen molar-refractivity contribution in [3.8, 4) is 12.3 Å². The number of nitrogens with zero attached hydrogens (tertiary/aromatic N) is 4. The second-order valence-corrected chi connectivity index (χ2v) is 5.85. The number of nitrogens with two attached hydrogens (primary N) is 2. The summed E-state index contributed by atoms with van der Waals surface area (Å²) >= 11 is 12.6. The Kier molecular flexibility index (Phi) is 4.24. The largest absolute Gasteiger partial charge is 0.397 e. The third-order valence-electron chi connectivity index (χ3n) is 3.63. The molecule has 0 radical (unpaired) electrons. The van der Waals surface area contributed by atoms with E-state index >= 15 is 0 Å². The summed E-state index contributed by atoms with van der Waals surface area (Å²) in [6, 6.07) is 6.17. The zero-order chi connectivity index (χ0) is 18.1. The molecule has 124 valence electrons. The van der Waals surface area contributed by atoms with Crippen molar-refractivity contribution in [2.24, 2.45) is 4.99 Å². The molecular formula is C15H10Cl2N8. The van der Waals surface area contributed by atoms with Crippen LogP contribution in [0.5, 0.6) is 0 Å². The molecule has 0 aliphatic carbocycles. The van der Waals surface area contributed by atoms with Crippen molar-refractivity contribution in [2.45, 2.75) is 6.04 Å². The second kappa shape index (κ2) is 6.36. The molecule has 1 atom stereocenters. The lowest BCUT2D eigenvalue weighted by molar-refractivity contribution is 0.847. The van der Waals surface area contributed by atoms with Gasteiger partial charge in [0.05, 0.1) is 5.69 Å². The molecule has 0 spiro atoms. The van der Waals surface area contributed by atoms with Crippen molar-refractivity contribution in [1.29, 1.82) is 10.5 Å². The quantitative estimate of drug-likeness (QED) is 0.443. The molecule has 1 aromatic heterocycles. The summed E-state index contributed by atoms with van der Waals surface area (Å²) in [7, 11) is 0. The van der Waals surface area contributed by atoms with Gasteiger partial charge in [0.2, 0.25) is 5.96 Å². The van der Waals surface area contributed by atoms with Gasteiger partial charge >= 0.3 is 0 Å². The third kappa shape index (κ3) is 2.74. The summed E-state index contributed by atoms with van der Waals surface area (Å²) in [5.74, 6) is 0.364. The van der Waals surface area contributed by atoms with Gasteiger partial charge in [-0.05, 0) is 12.1 Å². The number of guanidine groups is 1. The van der Waals surface area contributed by atoms with E-state index in [1.54, 1.807) is 24.4 Å². The number of hydrogen-bond acceptors (Lipinski definition) is 8. The molecule has 1 aliphatic rings. The van der Waals surface area contributed by atoms with Crippen LogP contribution in [-0.2, 0) is 0 Å². The molecule has 0 bridgehead atoms. The van der Waals surface area contributed by atoms with E-state index in [-0.39, 0.29) is 28.8 Å². The van der Waals surface area contributed by atoms with Crippen LogP contribution < -0.4 is 22.1 Å². The van der Waals surface area contributed by atoms with Crippen molar-refractivity contribution in [3.05, 3.63) is 44.9 Å². The van der Waals surface area contributed by atoms with Gasteiger partial charge in [-0.3, -0.25) is 5.32 Å². The van der Waals surface area contributed by atoms with Gasteiger partial charge in [-0.2, -0.15) is 10.5 Å². The number of rotatable bonds is 1. The Labute approximate surface area is 152 Å². The van der Waals surface area contributed by atoms with E-state index < -0.39 is 6.04 Å². The number of halogens is 2. The monoisotopic (exact) mass is 372 g/mol. The van der Waals surface area contributed by atoms with Crippen LogP contribution in [0.1, 0.15) is 22.7 Å². The first-order valence-electron chi connectivity index (χ1n) is 6.90. The molecule has 0 fully saturated rings. The first-order valence-corrected chi connectivity index (χ1v) is 7.66. The summed E-state index contributed by atoms with van der Waals surface area (Å²) in [4.78, 5) is 8.56. The fourth-order valence-corrected chi connectivity index (χ4v) is 3.17. The Morgan fingerprint density at radius 2 is 1.84 bits per heavy atom. The van der Waals surface area contributed by atoms with Crippen molar-refractivity contribution in [3.63, 3.8) is 0 Å². The molecule has 1 unspecified atom stereocenters.